The molecule has 1 aromatic carbocycles. The molecule has 0 spiro atoms. The van der Waals surface area contributed by atoms with Gasteiger partial charge in [0.15, 0.2) is 5.76 Å². The van der Waals surface area contributed by atoms with Gasteiger partial charge in [0, 0.05) is 18.0 Å². The molecule has 6 heteroatoms. The average Bonchev–Trinajstić information content (AvgIpc) is 2.79. The van der Waals surface area contributed by atoms with E-state index in [1.165, 1.54) is 7.11 Å². The second kappa shape index (κ2) is 5.92. The second-order valence-electron chi connectivity index (χ2n) is 4.98. The molecule has 0 unspecified atom stereocenters. The molecular formula is C17H14N2O4. The molecule has 6 nitrogen and oxygen atoms in total. The van der Waals surface area contributed by atoms with Gasteiger partial charge in [-0.1, -0.05) is 18.2 Å². The summed E-state index contributed by atoms with van der Waals surface area (Å²) in [4.78, 5) is 29.8. The summed E-state index contributed by atoms with van der Waals surface area (Å²) < 4.78 is 5.21. The van der Waals surface area contributed by atoms with Gasteiger partial charge in [0.05, 0.1) is 19.2 Å². The Morgan fingerprint density at radius 1 is 1.09 bits per heavy atom. The number of aliphatic hydroxyl groups is 1. The molecule has 2 aromatic rings. The molecule has 1 aliphatic heterocycles. The zero-order chi connectivity index (χ0) is 16.4. The van der Waals surface area contributed by atoms with Gasteiger partial charge in [-0.15, -0.1) is 0 Å². The molecule has 0 saturated heterocycles. The lowest BCUT2D eigenvalue weighted by molar-refractivity contribution is -0.138. The number of imide groups is 1. The van der Waals surface area contributed by atoms with Crippen molar-refractivity contribution >= 4 is 17.4 Å². The van der Waals surface area contributed by atoms with Crippen LogP contribution in [-0.2, 0) is 16.1 Å². The lowest BCUT2D eigenvalue weighted by Crippen LogP contribution is -2.31. The Kier molecular flexibility index (Phi) is 3.80. The lowest BCUT2D eigenvalue weighted by atomic mass is 10.0. The molecule has 1 aromatic heterocycles. The first-order chi connectivity index (χ1) is 11.1. The number of pyridine rings is 1. The summed E-state index contributed by atoms with van der Waals surface area (Å²) in [6.45, 7) is 0.0723. The third-order valence-electron chi connectivity index (χ3n) is 3.61. The minimum Gasteiger partial charge on any atom is -0.502 e. The third-order valence-corrected chi connectivity index (χ3v) is 3.61. The second-order valence-corrected chi connectivity index (χ2v) is 4.98. The summed E-state index contributed by atoms with van der Waals surface area (Å²) in [5, 5.41) is 10.1. The maximum absolute atomic E-state index is 12.6. The fourth-order valence-electron chi connectivity index (χ4n) is 2.47. The van der Waals surface area contributed by atoms with E-state index in [9.17, 15) is 14.7 Å². The highest BCUT2D eigenvalue weighted by atomic mass is 16.5. The standard InChI is InChI=1S/C17H14N2O4/c1-23-13-5-3-2-4-12(13)14-15(20)17(22)19(16(14)21)10-11-6-8-18-9-7-11/h2-9,20H,10H2,1H3. The van der Waals surface area contributed by atoms with Gasteiger partial charge in [-0.3, -0.25) is 19.5 Å². The zero-order valence-electron chi connectivity index (χ0n) is 12.4. The molecule has 0 atom stereocenters. The van der Waals surface area contributed by atoms with Crippen molar-refractivity contribution in [3.05, 3.63) is 65.7 Å². The maximum Gasteiger partial charge on any atom is 0.296 e. The van der Waals surface area contributed by atoms with Gasteiger partial charge in [0.25, 0.3) is 11.8 Å². The Bertz CT molecular complexity index is 799. The number of ether oxygens (including phenoxy) is 1. The smallest absolute Gasteiger partial charge is 0.296 e. The Balaban J connectivity index is 1.97. The van der Waals surface area contributed by atoms with Crippen LogP contribution in [0.15, 0.2) is 54.6 Å². The highest BCUT2D eigenvalue weighted by molar-refractivity contribution is 6.35. The first-order valence-corrected chi connectivity index (χ1v) is 6.95. The van der Waals surface area contributed by atoms with Gasteiger partial charge in [-0.2, -0.15) is 0 Å². The zero-order valence-corrected chi connectivity index (χ0v) is 12.4. The number of carbonyl (C=O) groups excluding carboxylic acids is 2. The molecular weight excluding hydrogens is 296 g/mol. The Hall–Kier alpha value is -3.15. The number of benzene rings is 1. The van der Waals surface area contributed by atoms with Gasteiger partial charge in [0.1, 0.15) is 5.75 Å². The van der Waals surface area contributed by atoms with Crippen LogP contribution in [-0.4, -0.2) is 33.9 Å². The van der Waals surface area contributed by atoms with Gasteiger partial charge in [-0.05, 0) is 23.8 Å². The summed E-state index contributed by atoms with van der Waals surface area (Å²) in [6, 6.07) is 10.2. The van der Waals surface area contributed by atoms with Gasteiger partial charge < -0.3 is 9.84 Å². The Labute approximate surface area is 132 Å². The van der Waals surface area contributed by atoms with Gasteiger partial charge in [-0.25, -0.2) is 0 Å². The quantitative estimate of drug-likeness (QED) is 0.873. The van der Waals surface area contributed by atoms with Crippen LogP contribution in [0.1, 0.15) is 11.1 Å². The average molecular weight is 310 g/mol. The fourth-order valence-corrected chi connectivity index (χ4v) is 2.47. The Morgan fingerprint density at radius 2 is 1.78 bits per heavy atom. The number of aromatic nitrogens is 1. The van der Waals surface area contributed by atoms with E-state index in [1.54, 1.807) is 48.8 Å². The van der Waals surface area contributed by atoms with Crippen LogP contribution < -0.4 is 4.74 Å². The van der Waals surface area contributed by atoms with Crippen LogP contribution in [0.5, 0.6) is 5.75 Å². The molecule has 0 saturated carbocycles. The molecule has 0 radical (unpaired) electrons. The first-order valence-electron chi connectivity index (χ1n) is 6.95. The summed E-state index contributed by atoms with van der Waals surface area (Å²) in [5.41, 5.74) is 1.10. The molecule has 1 aliphatic rings. The molecule has 0 fully saturated rings. The highest BCUT2D eigenvalue weighted by Gasteiger charge is 2.40. The Morgan fingerprint density at radius 3 is 2.48 bits per heavy atom. The van der Waals surface area contributed by atoms with Crippen molar-refractivity contribution < 1.29 is 19.4 Å². The molecule has 2 heterocycles. The van der Waals surface area contributed by atoms with Crippen molar-refractivity contribution in [1.29, 1.82) is 0 Å². The lowest BCUT2D eigenvalue weighted by Gasteiger charge is -2.14. The predicted molar refractivity (Wildman–Crippen MR) is 82.3 cm³/mol. The molecule has 1 N–H and O–H groups in total. The molecule has 3 rings (SSSR count). The van der Waals surface area contributed by atoms with Crippen molar-refractivity contribution in [2.75, 3.05) is 7.11 Å². The minimum atomic E-state index is -0.715. The van der Waals surface area contributed by atoms with Gasteiger partial charge in [0.2, 0.25) is 0 Å². The minimum absolute atomic E-state index is 0.0403. The molecule has 23 heavy (non-hydrogen) atoms. The van der Waals surface area contributed by atoms with Crippen molar-refractivity contribution in [1.82, 2.24) is 9.88 Å². The van der Waals surface area contributed by atoms with E-state index in [2.05, 4.69) is 4.98 Å². The van der Waals surface area contributed by atoms with Crippen LogP contribution in [0.2, 0.25) is 0 Å². The van der Waals surface area contributed by atoms with Crippen molar-refractivity contribution in [2.24, 2.45) is 0 Å². The number of amides is 2. The number of nitrogens with zero attached hydrogens (tertiary/aromatic N) is 2. The number of hydrogen-bond acceptors (Lipinski definition) is 5. The van der Waals surface area contributed by atoms with E-state index in [0.717, 1.165) is 10.5 Å². The summed E-state index contributed by atoms with van der Waals surface area (Å²) in [5.74, 6) is -1.41. The van der Waals surface area contributed by atoms with E-state index in [0.29, 0.717) is 11.3 Å². The van der Waals surface area contributed by atoms with E-state index in [-0.39, 0.29) is 12.1 Å². The van der Waals surface area contributed by atoms with Crippen molar-refractivity contribution in [3.63, 3.8) is 0 Å². The van der Waals surface area contributed by atoms with Crippen molar-refractivity contribution in [3.8, 4) is 5.75 Å². The van der Waals surface area contributed by atoms with E-state index in [4.69, 9.17) is 4.74 Å². The fraction of sp³-hybridized carbons (Fsp3) is 0.118. The highest BCUT2D eigenvalue weighted by Crippen LogP contribution is 2.34. The van der Waals surface area contributed by atoms with Crippen LogP contribution in [0, 0.1) is 0 Å². The van der Waals surface area contributed by atoms with Gasteiger partial charge >= 0.3 is 0 Å². The summed E-state index contributed by atoms with van der Waals surface area (Å²) >= 11 is 0. The maximum atomic E-state index is 12.6. The largest absolute Gasteiger partial charge is 0.502 e. The molecule has 0 aliphatic carbocycles. The normalized spacial score (nSPS) is 14.6. The summed E-state index contributed by atoms with van der Waals surface area (Å²) in [6.07, 6.45) is 3.16. The molecule has 0 bridgehead atoms. The van der Waals surface area contributed by atoms with Crippen molar-refractivity contribution in [2.45, 2.75) is 6.54 Å². The first kappa shape index (κ1) is 14.8. The molecule has 116 valence electrons. The van der Waals surface area contributed by atoms with Crippen LogP contribution >= 0.6 is 0 Å². The number of para-hydroxylation sites is 1. The molecule has 2 amide bonds. The number of aliphatic hydroxyl groups excluding tert-OH is 1. The number of methoxy groups -OCH3 is 1. The monoisotopic (exact) mass is 310 g/mol. The SMILES string of the molecule is COc1ccccc1C1=C(O)C(=O)N(Cc2ccncc2)C1=O. The van der Waals surface area contributed by atoms with E-state index < -0.39 is 17.6 Å². The van der Waals surface area contributed by atoms with Crippen LogP contribution in [0.3, 0.4) is 0 Å². The third kappa shape index (κ3) is 2.55. The topological polar surface area (TPSA) is 79.7 Å². The van der Waals surface area contributed by atoms with Crippen LogP contribution in [0.25, 0.3) is 5.57 Å². The number of rotatable bonds is 4. The van der Waals surface area contributed by atoms with E-state index in [1.807, 2.05) is 0 Å². The number of carbonyl (C=O) groups is 2. The number of hydrogen-bond donors (Lipinski definition) is 1. The van der Waals surface area contributed by atoms with Crippen LogP contribution in [0.4, 0.5) is 0 Å². The van der Waals surface area contributed by atoms with E-state index >= 15 is 0 Å². The predicted octanol–water partition coefficient (Wildman–Crippen LogP) is 1.93. The summed E-state index contributed by atoms with van der Waals surface area (Å²) in [7, 11) is 1.46.